The first-order chi connectivity index (χ1) is 35.7. The van der Waals surface area contributed by atoms with E-state index in [0.29, 0.717) is 0 Å². The number of aromatic nitrogens is 1. The molecule has 2 fully saturated rings. The molecule has 4 aliphatic heterocycles. The lowest BCUT2D eigenvalue weighted by atomic mass is 9.33. The van der Waals surface area contributed by atoms with Gasteiger partial charge in [0.2, 0.25) is 0 Å². The van der Waals surface area contributed by atoms with Crippen molar-refractivity contribution in [2.24, 2.45) is 0 Å². The summed E-state index contributed by atoms with van der Waals surface area (Å²) in [7, 11) is 0. The first kappa shape index (κ1) is 46.1. The number of nitrogens with zero attached hydrogens (tertiary/aromatic N) is 3. The fourth-order valence-electron chi connectivity index (χ4n) is 17.2. The van der Waals surface area contributed by atoms with E-state index in [2.05, 4.69) is 231 Å². The average molecular weight is 980 g/mol. The third-order valence-electron chi connectivity index (χ3n) is 21.7. The Labute approximate surface area is 447 Å². The maximum Gasteiger partial charge on any atom is 0.252 e. The van der Waals surface area contributed by atoms with Gasteiger partial charge in [0.15, 0.2) is 0 Å². The van der Waals surface area contributed by atoms with Crippen LogP contribution >= 0.6 is 0 Å². The van der Waals surface area contributed by atoms with Crippen LogP contribution in [-0.2, 0) is 27.1 Å². The number of benzene rings is 7. The largest absolute Gasteiger partial charge is 0.335 e. The van der Waals surface area contributed by atoms with Crippen molar-refractivity contribution in [2.75, 3.05) is 9.80 Å². The molecule has 376 valence electrons. The van der Waals surface area contributed by atoms with Gasteiger partial charge in [-0.25, -0.2) is 0 Å². The molecule has 0 bridgehead atoms. The molecule has 3 nitrogen and oxygen atoms in total. The topological polar surface area (TPSA) is 11.4 Å². The molecule has 2 saturated carbocycles. The van der Waals surface area contributed by atoms with E-state index in [1.807, 2.05) is 0 Å². The number of rotatable bonds is 3. The zero-order valence-electron chi connectivity index (χ0n) is 46.8. The molecule has 1 aromatic heterocycles. The van der Waals surface area contributed by atoms with Gasteiger partial charge < -0.3 is 14.4 Å². The monoisotopic (exact) mass is 980 g/mol. The van der Waals surface area contributed by atoms with Crippen molar-refractivity contribution < 1.29 is 0 Å². The molecule has 3 aliphatic carbocycles. The summed E-state index contributed by atoms with van der Waals surface area (Å²) in [5, 5.41) is 1.43. The fraction of sp³-hybridized carbons (Fsp3) is 0.380. The maximum atomic E-state index is 2.99. The number of anilines is 4. The molecule has 4 unspecified atom stereocenters. The Morgan fingerprint density at radius 3 is 1.83 bits per heavy atom. The quantitative estimate of drug-likeness (QED) is 0.163. The molecule has 7 aromatic carbocycles. The molecule has 4 atom stereocenters. The van der Waals surface area contributed by atoms with Gasteiger partial charge in [-0.1, -0.05) is 192 Å². The Bertz CT molecular complexity index is 3820. The van der Waals surface area contributed by atoms with E-state index in [-0.39, 0.29) is 44.9 Å². The molecule has 0 amide bonds. The van der Waals surface area contributed by atoms with E-state index in [1.165, 1.54) is 156 Å². The van der Waals surface area contributed by atoms with Crippen molar-refractivity contribution in [3.05, 3.63) is 167 Å². The molecule has 8 aromatic rings. The Balaban J connectivity index is 1.10. The molecule has 75 heavy (non-hydrogen) atoms. The Kier molecular flexibility index (Phi) is 8.97. The Hall–Kier alpha value is -6.26. The van der Waals surface area contributed by atoms with E-state index >= 15 is 0 Å². The lowest BCUT2D eigenvalue weighted by Crippen LogP contribution is -2.64. The lowest BCUT2D eigenvalue weighted by molar-refractivity contribution is 0.194. The predicted molar refractivity (Wildman–Crippen MR) is 319 cm³/mol. The van der Waals surface area contributed by atoms with E-state index in [4.69, 9.17) is 0 Å². The summed E-state index contributed by atoms with van der Waals surface area (Å²) < 4.78 is 2.83. The molecule has 0 radical (unpaired) electrons. The second kappa shape index (κ2) is 14.6. The second-order valence-electron chi connectivity index (χ2n) is 28.0. The van der Waals surface area contributed by atoms with Gasteiger partial charge in [-0.2, -0.15) is 0 Å². The van der Waals surface area contributed by atoms with Crippen LogP contribution in [0.5, 0.6) is 0 Å². The minimum atomic E-state index is -0.184. The highest BCUT2D eigenvalue weighted by atomic mass is 15.3. The third-order valence-corrected chi connectivity index (χ3v) is 21.7. The Morgan fingerprint density at radius 2 is 1.09 bits per heavy atom. The van der Waals surface area contributed by atoms with Gasteiger partial charge >= 0.3 is 0 Å². The molecule has 0 saturated heterocycles. The van der Waals surface area contributed by atoms with E-state index in [0.717, 1.165) is 12.8 Å². The van der Waals surface area contributed by atoms with Gasteiger partial charge in [-0.3, -0.25) is 0 Å². The maximum absolute atomic E-state index is 2.99. The zero-order valence-corrected chi connectivity index (χ0v) is 46.8. The minimum absolute atomic E-state index is 0.0239. The van der Waals surface area contributed by atoms with Crippen LogP contribution in [0.1, 0.15) is 168 Å². The molecular weight excluding hydrogens is 906 g/mol. The van der Waals surface area contributed by atoms with Crippen LogP contribution in [0.15, 0.2) is 133 Å². The van der Waals surface area contributed by atoms with Crippen molar-refractivity contribution in [3.63, 3.8) is 0 Å². The average Bonchev–Trinajstić information content (AvgIpc) is 4.25. The van der Waals surface area contributed by atoms with Crippen LogP contribution in [0.3, 0.4) is 0 Å². The van der Waals surface area contributed by atoms with Crippen LogP contribution < -0.4 is 26.2 Å². The van der Waals surface area contributed by atoms with Crippen LogP contribution in [0.25, 0.3) is 50.1 Å². The standard InChI is InChI=1S/C71H74BN3/c1-65(2,3)47-26-22-25-44(35-47)46-37-54-64-55(38-46)72-56-40-48(66(4,5)6)39-51-60-63(50-27-16-17-28-52(50)67(60,7)8)73(62(51)56)58-41-49(42-59(61(58)72)75(64)71(12)34-21-19-32-69(54,71)10)74-57-30-29-45(43-23-14-13-15-24-43)36-53(57)68(9)31-18-20-33-70(68,74)11/h13-17,22-30,35-42H,18-21,31-34H2,1-12H3. The third kappa shape index (κ3) is 5.65. The van der Waals surface area contributed by atoms with E-state index in [9.17, 15) is 0 Å². The van der Waals surface area contributed by atoms with Crippen molar-refractivity contribution >= 4 is 56.8 Å². The summed E-state index contributed by atoms with van der Waals surface area (Å²) in [6.45, 7) is 30.0. The highest BCUT2D eigenvalue weighted by molar-refractivity contribution is 7.00. The highest BCUT2D eigenvalue weighted by Gasteiger charge is 2.63. The molecular formula is C71H74BN3. The Morgan fingerprint density at radius 1 is 0.467 bits per heavy atom. The summed E-state index contributed by atoms with van der Waals surface area (Å²) in [4.78, 5) is 5.87. The van der Waals surface area contributed by atoms with Crippen molar-refractivity contribution in [2.45, 2.75) is 173 Å². The first-order valence-corrected chi connectivity index (χ1v) is 28.8. The van der Waals surface area contributed by atoms with Gasteiger partial charge in [0.25, 0.3) is 6.71 Å². The summed E-state index contributed by atoms with van der Waals surface area (Å²) in [5.41, 5.74) is 29.3. The van der Waals surface area contributed by atoms with Gasteiger partial charge in [0.05, 0.1) is 16.8 Å². The minimum Gasteiger partial charge on any atom is -0.335 e. The van der Waals surface area contributed by atoms with E-state index < -0.39 is 0 Å². The summed E-state index contributed by atoms with van der Waals surface area (Å²) in [6.07, 6.45) is 9.69. The highest BCUT2D eigenvalue weighted by Crippen LogP contribution is 2.65. The first-order valence-electron chi connectivity index (χ1n) is 28.8. The molecule has 7 aliphatic rings. The number of hydrogen-bond donors (Lipinski definition) is 0. The number of hydrogen-bond acceptors (Lipinski definition) is 2. The number of fused-ring (bicyclic) bond motifs is 15. The fourth-order valence-corrected chi connectivity index (χ4v) is 17.2. The SMILES string of the molecule is CC(C)(C)c1cccc(-c2cc3c4c(c2)C2(C)CCCCC2(C)N4c2cc(N4c5ccc(-c6ccccc6)cc5C5(C)CCCCC45C)cc4c2B3c2cc(C(C)(C)C)cc3c5c(n-4c23)-c2ccccc2C5(C)C)c1. The van der Waals surface area contributed by atoms with Crippen LogP contribution in [-0.4, -0.2) is 22.4 Å². The van der Waals surface area contributed by atoms with Crippen molar-refractivity contribution in [3.8, 4) is 39.2 Å². The molecule has 4 heteroatoms. The molecule has 0 N–H and O–H groups in total. The van der Waals surface area contributed by atoms with E-state index in [1.54, 1.807) is 5.56 Å². The summed E-state index contributed by atoms with van der Waals surface area (Å²) in [6, 6.07) is 53.6. The smallest absolute Gasteiger partial charge is 0.252 e. The van der Waals surface area contributed by atoms with Crippen molar-refractivity contribution in [1.82, 2.24) is 4.57 Å². The van der Waals surface area contributed by atoms with Crippen molar-refractivity contribution in [1.29, 1.82) is 0 Å². The lowest BCUT2D eigenvalue weighted by Gasteiger charge is -2.53. The molecule has 15 rings (SSSR count). The van der Waals surface area contributed by atoms with Crippen LogP contribution in [0.4, 0.5) is 22.7 Å². The molecule has 0 spiro atoms. The van der Waals surface area contributed by atoms with Crippen LogP contribution in [0, 0.1) is 0 Å². The summed E-state index contributed by atoms with van der Waals surface area (Å²) >= 11 is 0. The van der Waals surface area contributed by atoms with Gasteiger partial charge in [0, 0.05) is 61.1 Å². The second-order valence-corrected chi connectivity index (χ2v) is 28.0. The van der Waals surface area contributed by atoms with Gasteiger partial charge in [-0.15, -0.1) is 0 Å². The van der Waals surface area contributed by atoms with Gasteiger partial charge in [0.1, 0.15) is 0 Å². The normalized spacial score (nSPS) is 25.1. The zero-order chi connectivity index (χ0) is 51.7. The molecule has 5 heterocycles. The summed E-state index contributed by atoms with van der Waals surface area (Å²) in [5.74, 6) is 0. The van der Waals surface area contributed by atoms with Crippen LogP contribution in [0.2, 0.25) is 0 Å². The van der Waals surface area contributed by atoms with Gasteiger partial charge in [-0.05, 0) is 159 Å². The predicted octanol–water partition coefficient (Wildman–Crippen LogP) is 16.5.